The molecule has 0 radical (unpaired) electrons. The fourth-order valence-electron chi connectivity index (χ4n) is 3.09. The van der Waals surface area contributed by atoms with Crippen molar-refractivity contribution in [1.82, 2.24) is 9.55 Å². The minimum atomic E-state index is -4.41. The molecule has 1 aromatic carbocycles. The van der Waals surface area contributed by atoms with Gasteiger partial charge in [-0.2, -0.15) is 4.39 Å². The van der Waals surface area contributed by atoms with Crippen LogP contribution in [0.1, 0.15) is 24.6 Å². The number of aliphatic hydroxyl groups is 2. The quantitative estimate of drug-likeness (QED) is 0.343. The summed E-state index contributed by atoms with van der Waals surface area (Å²) in [6.45, 7) is -0.191. The lowest BCUT2D eigenvalue weighted by atomic mass is 10.2. The summed E-state index contributed by atoms with van der Waals surface area (Å²) in [5.74, 6) is -3.99. The molecule has 0 amide bonds. The molecule has 1 aromatic heterocycles. The molecule has 162 valence electrons. The molecule has 2 aliphatic heterocycles. The zero-order chi connectivity index (χ0) is 21.7. The largest absolute Gasteiger partial charge is 0.534 e. The molecular weight excluding hydrogens is 466 g/mol. The van der Waals surface area contributed by atoms with Gasteiger partial charge in [-0.15, -0.1) is 0 Å². The third-order valence-corrected chi connectivity index (χ3v) is 6.41. The van der Waals surface area contributed by atoms with Crippen molar-refractivity contribution in [3.63, 3.8) is 0 Å². The number of aromatic nitrogens is 2. The number of benzene rings is 1. The Morgan fingerprint density at radius 3 is 2.93 bits per heavy atom. The number of ether oxygens (including phenoxy) is 1. The molecule has 14 heteroatoms. The van der Waals surface area contributed by atoms with E-state index in [-0.39, 0.29) is 30.0 Å². The average molecular weight is 481 g/mol. The number of rotatable bonds is 4. The third-order valence-electron chi connectivity index (χ3n) is 4.51. The SMILES string of the molecule is O=c1[nH]c(=S)n(C2CCC(C(O)(O)OP3(=O)OCc4cc(Cl)ccc4O3)O2)cc1F. The highest BCUT2D eigenvalue weighted by molar-refractivity contribution is 7.71. The fraction of sp³-hybridized carbons (Fsp3) is 0.375. The maximum Gasteiger partial charge on any atom is 0.534 e. The zero-order valence-electron chi connectivity index (χ0n) is 15.0. The Bertz CT molecular complexity index is 1150. The summed E-state index contributed by atoms with van der Waals surface area (Å²) < 4.78 is 48.0. The predicted molar refractivity (Wildman–Crippen MR) is 102 cm³/mol. The van der Waals surface area contributed by atoms with Crippen molar-refractivity contribution in [3.05, 3.63) is 55.9 Å². The Labute approximate surface area is 178 Å². The number of hydrogen-bond donors (Lipinski definition) is 3. The van der Waals surface area contributed by atoms with Crippen LogP contribution in [0.3, 0.4) is 0 Å². The number of aromatic amines is 1. The van der Waals surface area contributed by atoms with Crippen molar-refractivity contribution < 1.29 is 37.5 Å². The van der Waals surface area contributed by atoms with Crippen LogP contribution >= 0.6 is 31.6 Å². The highest BCUT2D eigenvalue weighted by Gasteiger charge is 2.50. The van der Waals surface area contributed by atoms with E-state index in [2.05, 4.69) is 4.98 Å². The number of phosphoric acid groups is 1. The molecule has 1 saturated heterocycles. The van der Waals surface area contributed by atoms with Gasteiger partial charge in [-0.1, -0.05) is 11.6 Å². The predicted octanol–water partition coefficient (Wildman–Crippen LogP) is 2.75. The summed E-state index contributed by atoms with van der Waals surface area (Å²) in [6, 6.07) is 4.49. The molecule has 0 spiro atoms. The second-order valence-electron chi connectivity index (χ2n) is 6.61. The van der Waals surface area contributed by atoms with Crippen molar-refractivity contribution in [1.29, 1.82) is 0 Å². The van der Waals surface area contributed by atoms with Crippen LogP contribution in [-0.2, 0) is 25.0 Å². The van der Waals surface area contributed by atoms with Crippen molar-refractivity contribution in [2.45, 2.75) is 37.8 Å². The van der Waals surface area contributed by atoms with Gasteiger partial charge in [0.25, 0.3) is 5.56 Å². The minimum Gasteiger partial charge on any atom is -0.404 e. The first-order valence-electron chi connectivity index (χ1n) is 8.61. The van der Waals surface area contributed by atoms with E-state index in [9.17, 15) is 24.0 Å². The monoisotopic (exact) mass is 480 g/mol. The van der Waals surface area contributed by atoms with Gasteiger partial charge in [-0.25, -0.2) is 9.09 Å². The Kier molecular flexibility index (Phi) is 5.62. The van der Waals surface area contributed by atoms with Crippen LogP contribution in [0.15, 0.2) is 29.2 Å². The summed E-state index contributed by atoms with van der Waals surface area (Å²) in [6.07, 6.45) is -1.28. The van der Waals surface area contributed by atoms with E-state index in [0.29, 0.717) is 10.6 Å². The zero-order valence-corrected chi connectivity index (χ0v) is 17.5. The Morgan fingerprint density at radius 1 is 1.40 bits per heavy atom. The fourth-order valence-corrected chi connectivity index (χ4v) is 4.85. The van der Waals surface area contributed by atoms with Crippen molar-refractivity contribution in [2.24, 2.45) is 0 Å². The van der Waals surface area contributed by atoms with Gasteiger partial charge in [0.1, 0.15) is 18.1 Å². The molecule has 3 N–H and O–H groups in total. The second-order valence-corrected chi connectivity index (χ2v) is 8.96. The van der Waals surface area contributed by atoms with Crippen molar-refractivity contribution in [3.8, 4) is 5.75 Å². The minimum absolute atomic E-state index is 0.0202. The summed E-state index contributed by atoms with van der Waals surface area (Å²) in [4.78, 5) is 13.4. The number of H-pyrrole nitrogens is 1. The van der Waals surface area contributed by atoms with E-state index in [4.69, 9.17) is 42.1 Å². The Morgan fingerprint density at radius 2 is 2.17 bits per heavy atom. The maximum atomic E-state index is 13.6. The van der Waals surface area contributed by atoms with E-state index in [1.165, 1.54) is 12.1 Å². The van der Waals surface area contributed by atoms with Gasteiger partial charge in [0.05, 0.1) is 12.8 Å². The van der Waals surface area contributed by atoms with Crippen LogP contribution in [0.25, 0.3) is 0 Å². The van der Waals surface area contributed by atoms with E-state index >= 15 is 0 Å². The van der Waals surface area contributed by atoms with Crippen molar-refractivity contribution in [2.75, 3.05) is 0 Å². The molecule has 3 heterocycles. The van der Waals surface area contributed by atoms with E-state index in [0.717, 1.165) is 10.8 Å². The summed E-state index contributed by atoms with van der Waals surface area (Å²) in [5.41, 5.74) is -0.482. The van der Waals surface area contributed by atoms with E-state index in [1.54, 1.807) is 6.07 Å². The molecular formula is C16H15ClFN2O8PS. The normalized spacial score (nSPS) is 26.3. The second kappa shape index (κ2) is 7.81. The smallest absolute Gasteiger partial charge is 0.404 e. The summed E-state index contributed by atoms with van der Waals surface area (Å²) in [5, 5.41) is 21.1. The summed E-state index contributed by atoms with van der Waals surface area (Å²) in [7, 11) is -4.41. The molecule has 10 nitrogen and oxygen atoms in total. The van der Waals surface area contributed by atoms with Crippen molar-refractivity contribution >= 4 is 31.6 Å². The van der Waals surface area contributed by atoms with Crippen LogP contribution in [-0.4, -0.2) is 31.8 Å². The average Bonchev–Trinajstić information content (AvgIpc) is 3.15. The highest BCUT2D eigenvalue weighted by atomic mass is 35.5. The van der Waals surface area contributed by atoms with E-state index < -0.39 is 37.5 Å². The van der Waals surface area contributed by atoms with Gasteiger partial charge in [-0.05, 0) is 43.3 Å². The number of phosphoric ester groups is 1. The molecule has 2 aliphatic rings. The number of nitrogens with one attached hydrogen (secondary N) is 1. The van der Waals surface area contributed by atoms with Gasteiger partial charge >= 0.3 is 13.8 Å². The molecule has 0 aliphatic carbocycles. The highest BCUT2D eigenvalue weighted by Crippen LogP contribution is 2.57. The lowest BCUT2D eigenvalue weighted by Crippen LogP contribution is -2.44. The van der Waals surface area contributed by atoms with Gasteiger partial charge in [0.15, 0.2) is 4.77 Å². The molecule has 30 heavy (non-hydrogen) atoms. The lowest BCUT2D eigenvalue weighted by molar-refractivity contribution is -0.349. The number of fused-ring (bicyclic) bond motifs is 1. The first-order valence-corrected chi connectivity index (χ1v) is 10.9. The Hall–Kier alpha value is -1.63. The molecule has 4 rings (SSSR count). The first-order chi connectivity index (χ1) is 14.1. The molecule has 0 saturated carbocycles. The van der Waals surface area contributed by atoms with Gasteiger partial charge in [0, 0.05) is 10.6 Å². The van der Waals surface area contributed by atoms with Gasteiger partial charge in [-0.3, -0.25) is 18.9 Å². The standard InChI is InChI=1S/C16H15ClFN2O8PS/c17-9-1-2-11-8(5-9)7-25-29(24,27-11)28-16(22,23)12-3-4-13(26-12)20-6-10(18)14(21)19-15(20)30/h1-2,5-6,12-13,22-23H,3-4,7H2,(H,19,21,30). The van der Waals surface area contributed by atoms with Gasteiger partial charge < -0.3 is 19.5 Å². The molecule has 2 aromatic rings. The number of halogens is 2. The van der Waals surface area contributed by atoms with Crippen LogP contribution in [0, 0.1) is 10.6 Å². The van der Waals surface area contributed by atoms with Crippen LogP contribution in [0.4, 0.5) is 4.39 Å². The van der Waals surface area contributed by atoms with E-state index in [1.807, 2.05) is 0 Å². The van der Waals surface area contributed by atoms with Gasteiger partial charge in [0.2, 0.25) is 5.82 Å². The Balaban J connectivity index is 1.49. The number of nitrogens with zero attached hydrogens (tertiary/aromatic N) is 1. The third kappa shape index (κ3) is 4.23. The number of hydrogen-bond acceptors (Lipinski definition) is 9. The molecule has 3 atom stereocenters. The first kappa shape index (κ1) is 21.6. The molecule has 1 fully saturated rings. The van der Waals surface area contributed by atoms with Crippen LogP contribution < -0.4 is 10.1 Å². The summed E-state index contributed by atoms with van der Waals surface area (Å²) >= 11 is 10.8. The van der Waals surface area contributed by atoms with Crippen LogP contribution in [0.2, 0.25) is 5.02 Å². The molecule has 3 unspecified atom stereocenters. The topological polar surface area (TPSA) is 132 Å². The molecule has 0 bridgehead atoms. The maximum absolute atomic E-state index is 13.6. The lowest BCUT2D eigenvalue weighted by Gasteiger charge is -2.32. The van der Waals surface area contributed by atoms with Crippen LogP contribution in [0.5, 0.6) is 5.75 Å².